The molecule has 20 heavy (non-hydrogen) atoms. The molecular weight excluding hydrogens is 381 g/mol. The first-order chi connectivity index (χ1) is 9.74. The molecule has 3 nitrogen and oxygen atoms in total. The second kappa shape index (κ2) is 5.65. The van der Waals surface area contributed by atoms with Crippen LogP contribution in [0.5, 0.6) is 0 Å². The summed E-state index contributed by atoms with van der Waals surface area (Å²) in [5, 5.41) is 6.53. The molecule has 2 aromatic heterocycles. The van der Waals surface area contributed by atoms with E-state index >= 15 is 0 Å². The minimum atomic E-state index is 0.809. The highest BCUT2D eigenvalue weighted by molar-refractivity contribution is 14.1. The largest absolute Gasteiger partial charge is 0.372 e. The zero-order valence-electron chi connectivity index (χ0n) is 11.3. The van der Waals surface area contributed by atoms with E-state index in [1.165, 1.54) is 10.1 Å². The summed E-state index contributed by atoms with van der Waals surface area (Å²) in [6.07, 6.45) is 0.907. The van der Waals surface area contributed by atoms with Gasteiger partial charge >= 0.3 is 0 Å². The molecule has 0 bridgehead atoms. The second-order valence-electron chi connectivity index (χ2n) is 4.41. The van der Waals surface area contributed by atoms with Crippen LogP contribution >= 0.6 is 33.9 Å². The van der Waals surface area contributed by atoms with Crippen molar-refractivity contribution in [2.45, 2.75) is 13.3 Å². The Morgan fingerprint density at radius 2 is 2.05 bits per heavy atom. The lowest BCUT2D eigenvalue weighted by Crippen LogP contribution is -2.04. The number of anilines is 1. The van der Waals surface area contributed by atoms with Gasteiger partial charge in [0.1, 0.15) is 5.82 Å². The van der Waals surface area contributed by atoms with Crippen LogP contribution < -0.4 is 5.32 Å². The number of benzene rings is 1. The fourth-order valence-corrected chi connectivity index (χ4v) is 4.00. The van der Waals surface area contributed by atoms with Gasteiger partial charge in [-0.15, -0.1) is 11.3 Å². The van der Waals surface area contributed by atoms with Gasteiger partial charge in [0.25, 0.3) is 0 Å². The van der Waals surface area contributed by atoms with Crippen LogP contribution in [-0.2, 0) is 6.42 Å². The Labute approximate surface area is 135 Å². The topological polar surface area (TPSA) is 37.8 Å². The van der Waals surface area contributed by atoms with E-state index in [1.54, 1.807) is 11.3 Å². The fourth-order valence-electron chi connectivity index (χ4n) is 2.16. The number of nitrogens with zero attached hydrogens (tertiary/aromatic N) is 2. The number of rotatable bonds is 3. The van der Waals surface area contributed by atoms with Crippen LogP contribution in [0.15, 0.2) is 29.6 Å². The van der Waals surface area contributed by atoms with E-state index in [9.17, 15) is 0 Å². The molecule has 3 rings (SSSR count). The van der Waals surface area contributed by atoms with E-state index in [1.807, 2.05) is 7.05 Å². The minimum absolute atomic E-state index is 0.809. The Hall–Kier alpha value is -1.21. The van der Waals surface area contributed by atoms with Crippen LogP contribution in [0.2, 0.25) is 0 Å². The normalized spacial score (nSPS) is 10.9. The molecule has 0 saturated heterocycles. The Kier molecular flexibility index (Phi) is 3.89. The highest BCUT2D eigenvalue weighted by Crippen LogP contribution is 2.33. The molecular formula is C15H14IN3S. The van der Waals surface area contributed by atoms with Crippen molar-refractivity contribution in [3.63, 3.8) is 0 Å². The quantitative estimate of drug-likeness (QED) is 0.661. The highest BCUT2D eigenvalue weighted by Gasteiger charge is 2.14. The van der Waals surface area contributed by atoms with Crippen LogP contribution in [-0.4, -0.2) is 17.0 Å². The van der Waals surface area contributed by atoms with Crippen molar-refractivity contribution in [2.24, 2.45) is 0 Å². The van der Waals surface area contributed by atoms with Gasteiger partial charge in [-0.25, -0.2) is 9.97 Å². The zero-order chi connectivity index (χ0) is 14.1. The summed E-state index contributed by atoms with van der Waals surface area (Å²) in [5.41, 5.74) is 2.21. The summed E-state index contributed by atoms with van der Waals surface area (Å²) in [6.45, 7) is 2.12. The molecule has 0 aliphatic carbocycles. The molecule has 0 spiro atoms. The summed E-state index contributed by atoms with van der Waals surface area (Å²) >= 11 is 4.05. The monoisotopic (exact) mass is 395 g/mol. The van der Waals surface area contributed by atoms with Crippen molar-refractivity contribution in [3.8, 4) is 11.4 Å². The van der Waals surface area contributed by atoms with Gasteiger partial charge in [-0.1, -0.05) is 25.1 Å². The predicted octanol–water partition coefficient (Wildman–Crippen LogP) is 4.57. The molecule has 102 valence electrons. The van der Waals surface area contributed by atoms with Gasteiger partial charge in [-0.05, 0) is 35.1 Å². The number of aryl methyl sites for hydroxylation is 1. The van der Waals surface area contributed by atoms with E-state index in [-0.39, 0.29) is 0 Å². The first-order valence-electron chi connectivity index (χ1n) is 6.45. The Bertz CT molecular complexity index is 742. The maximum atomic E-state index is 4.74. The SMILES string of the molecule is CCc1nc(-c2csc3ccccc23)nc(NC)c1I. The predicted molar refractivity (Wildman–Crippen MR) is 94.5 cm³/mol. The van der Waals surface area contributed by atoms with E-state index in [0.29, 0.717) is 0 Å². The number of hydrogen-bond donors (Lipinski definition) is 1. The summed E-state index contributed by atoms with van der Waals surface area (Å²) in [7, 11) is 1.90. The first kappa shape index (κ1) is 13.8. The van der Waals surface area contributed by atoms with Crippen LogP contribution in [0.1, 0.15) is 12.6 Å². The molecule has 0 fully saturated rings. The van der Waals surface area contributed by atoms with Crippen molar-refractivity contribution in [1.82, 2.24) is 9.97 Å². The molecule has 0 radical (unpaired) electrons. The van der Waals surface area contributed by atoms with Crippen molar-refractivity contribution in [3.05, 3.63) is 38.9 Å². The smallest absolute Gasteiger partial charge is 0.163 e. The molecule has 0 atom stereocenters. The number of fused-ring (bicyclic) bond motifs is 1. The molecule has 0 aliphatic heterocycles. The van der Waals surface area contributed by atoms with Gasteiger partial charge in [0.2, 0.25) is 0 Å². The van der Waals surface area contributed by atoms with E-state index in [0.717, 1.165) is 32.9 Å². The van der Waals surface area contributed by atoms with Gasteiger partial charge in [-0.2, -0.15) is 0 Å². The summed E-state index contributed by atoms with van der Waals surface area (Å²) < 4.78 is 2.38. The summed E-state index contributed by atoms with van der Waals surface area (Å²) in [6, 6.07) is 8.39. The molecule has 2 heterocycles. The molecule has 1 N–H and O–H groups in total. The summed E-state index contributed by atoms with van der Waals surface area (Å²) in [4.78, 5) is 9.41. The third-order valence-electron chi connectivity index (χ3n) is 3.21. The number of aromatic nitrogens is 2. The third kappa shape index (κ3) is 2.29. The number of nitrogens with one attached hydrogen (secondary N) is 1. The van der Waals surface area contributed by atoms with Gasteiger partial charge in [0, 0.05) is 28.1 Å². The fraction of sp³-hybridized carbons (Fsp3) is 0.200. The van der Waals surface area contributed by atoms with Gasteiger partial charge in [0.15, 0.2) is 5.82 Å². The molecule has 0 unspecified atom stereocenters. The standard InChI is InChI=1S/C15H14IN3S/c1-3-11-13(16)15(17-2)19-14(18-11)10-8-20-12-7-5-4-6-9(10)12/h4-8H,3H2,1-2H3,(H,17,18,19). The average molecular weight is 395 g/mol. The summed E-state index contributed by atoms with van der Waals surface area (Å²) in [5.74, 6) is 1.71. The molecule has 5 heteroatoms. The van der Waals surface area contributed by atoms with Gasteiger partial charge in [0.05, 0.1) is 9.26 Å². The Morgan fingerprint density at radius 3 is 2.80 bits per heavy atom. The first-order valence-corrected chi connectivity index (χ1v) is 8.41. The number of thiophene rings is 1. The molecule has 1 aromatic carbocycles. The maximum Gasteiger partial charge on any atom is 0.163 e. The number of hydrogen-bond acceptors (Lipinski definition) is 4. The minimum Gasteiger partial charge on any atom is -0.372 e. The average Bonchev–Trinajstić information content (AvgIpc) is 2.91. The molecule has 0 saturated carbocycles. The van der Waals surface area contributed by atoms with Gasteiger partial charge in [-0.3, -0.25) is 0 Å². The van der Waals surface area contributed by atoms with Crippen molar-refractivity contribution in [2.75, 3.05) is 12.4 Å². The molecule has 3 aromatic rings. The molecule has 0 aliphatic rings. The van der Waals surface area contributed by atoms with Crippen molar-refractivity contribution in [1.29, 1.82) is 0 Å². The van der Waals surface area contributed by atoms with E-state index < -0.39 is 0 Å². The van der Waals surface area contributed by atoms with Crippen LogP contribution in [0, 0.1) is 3.57 Å². The van der Waals surface area contributed by atoms with Crippen molar-refractivity contribution >= 4 is 49.8 Å². The van der Waals surface area contributed by atoms with Crippen LogP contribution in [0.4, 0.5) is 5.82 Å². The van der Waals surface area contributed by atoms with Crippen LogP contribution in [0.25, 0.3) is 21.5 Å². The highest BCUT2D eigenvalue weighted by atomic mass is 127. The lowest BCUT2D eigenvalue weighted by Gasteiger charge is -2.09. The van der Waals surface area contributed by atoms with Crippen molar-refractivity contribution < 1.29 is 0 Å². The third-order valence-corrected chi connectivity index (χ3v) is 5.31. The van der Waals surface area contributed by atoms with E-state index in [4.69, 9.17) is 4.98 Å². The maximum absolute atomic E-state index is 4.74. The second-order valence-corrected chi connectivity index (χ2v) is 6.40. The zero-order valence-corrected chi connectivity index (χ0v) is 14.2. The van der Waals surface area contributed by atoms with Gasteiger partial charge < -0.3 is 5.32 Å². The van der Waals surface area contributed by atoms with E-state index in [2.05, 4.69) is 69.5 Å². The van der Waals surface area contributed by atoms with Crippen LogP contribution in [0.3, 0.4) is 0 Å². The Morgan fingerprint density at radius 1 is 1.25 bits per heavy atom. The molecule has 0 amide bonds. The number of halogens is 1. The lowest BCUT2D eigenvalue weighted by molar-refractivity contribution is 0.991. The Balaban J connectivity index is 2.24. The lowest BCUT2D eigenvalue weighted by atomic mass is 10.1.